The van der Waals surface area contributed by atoms with E-state index in [9.17, 15) is 17.6 Å². The van der Waals surface area contributed by atoms with Crippen LogP contribution in [0, 0.1) is 5.82 Å². The van der Waals surface area contributed by atoms with Gasteiger partial charge < -0.3 is 16.8 Å². The van der Waals surface area contributed by atoms with Crippen molar-refractivity contribution in [2.24, 2.45) is 21.5 Å². The first-order chi connectivity index (χ1) is 8.74. The van der Waals surface area contributed by atoms with E-state index in [-0.39, 0.29) is 11.9 Å². The highest BCUT2D eigenvalue weighted by Gasteiger charge is 2.34. The van der Waals surface area contributed by atoms with Crippen molar-refractivity contribution in [3.8, 4) is 0 Å². The topological polar surface area (TPSA) is 88.8 Å². The summed E-state index contributed by atoms with van der Waals surface area (Å²) in [6, 6.07) is 2.12. The molecule has 5 N–H and O–H groups in total. The van der Waals surface area contributed by atoms with E-state index in [1.165, 1.54) is 7.05 Å². The Kier molecular flexibility index (Phi) is 4.30. The predicted octanol–water partition coefficient (Wildman–Crippen LogP) is 1.52. The first-order valence-corrected chi connectivity index (χ1v) is 4.94. The summed E-state index contributed by atoms with van der Waals surface area (Å²) in [6.07, 6.45) is -4.73. The number of benzene rings is 1. The number of guanidine groups is 2. The molecule has 0 saturated heterocycles. The lowest BCUT2D eigenvalue weighted by Crippen LogP contribution is -2.27. The van der Waals surface area contributed by atoms with E-state index in [1.807, 2.05) is 0 Å². The molecular formula is C10H11F4N5. The number of anilines is 1. The van der Waals surface area contributed by atoms with Gasteiger partial charge in [-0.3, -0.25) is 4.99 Å². The fourth-order valence-electron chi connectivity index (χ4n) is 1.20. The van der Waals surface area contributed by atoms with Crippen LogP contribution in [0.1, 0.15) is 5.56 Å². The summed E-state index contributed by atoms with van der Waals surface area (Å²) in [7, 11) is 1.34. The van der Waals surface area contributed by atoms with Gasteiger partial charge >= 0.3 is 6.18 Å². The summed E-state index contributed by atoms with van der Waals surface area (Å²) in [5, 5.41) is 2.19. The Morgan fingerprint density at radius 3 is 2.42 bits per heavy atom. The van der Waals surface area contributed by atoms with Crippen molar-refractivity contribution >= 4 is 17.6 Å². The second-order valence-electron chi connectivity index (χ2n) is 3.39. The predicted molar refractivity (Wildman–Crippen MR) is 64.2 cm³/mol. The summed E-state index contributed by atoms with van der Waals surface area (Å²) in [5.74, 6) is -1.61. The molecule has 1 aromatic rings. The minimum absolute atomic E-state index is 0.208. The van der Waals surface area contributed by atoms with Gasteiger partial charge in [0.05, 0.1) is 11.3 Å². The molecular weight excluding hydrogens is 266 g/mol. The van der Waals surface area contributed by atoms with Crippen LogP contribution in [0.4, 0.5) is 23.2 Å². The molecule has 0 bridgehead atoms. The highest BCUT2D eigenvalue weighted by molar-refractivity contribution is 6.00. The molecule has 104 valence electrons. The Bertz CT molecular complexity index is 521. The van der Waals surface area contributed by atoms with Crippen LogP contribution in [0.25, 0.3) is 0 Å². The van der Waals surface area contributed by atoms with Gasteiger partial charge in [-0.1, -0.05) is 0 Å². The van der Waals surface area contributed by atoms with Crippen molar-refractivity contribution in [3.05, 3.63) is 29.6 Å². The van der Waals surface area contributed by atoms with Gasteiger partial charge in [-0.2, -0.15) is 18.2 Å². The lowest BCUT2D eigenvalue weighted by Gasteiger charge is -2.14. The molecule has 0 unspecified atom stereocenters. The molecule has 0 spiro atoms. The molecule has 1 rings (SSSR count). The van der Waals surface area contributed by atoms with Gasteiger partial charge in [-0.05, 0) is 18.2 Å². The molecule has 9 heteroatoms. The van der Waals surface area contributed by atoms with Crippen LogP contribution in [-0.4, -0.2) is 19.0 Å². The van der Waals surface area contributed by atoms with Crippen LogP contribution in [0.5, 0.6) is 0 Å². The van der Waals surface area contributed by atoms with Gasteiger partial charge in [-0.15, -0.1) is 0 Å². The van der Waals surface area contributed by atoms with E-state index in [4.69, 9.17) is 11.5 Å². The Balaban J connectivity index is 3.12. The quantitative estimate of drug-likeness (QED) is 0.413. The van der Waals surface area contributed by atoms with E-state index in [2.05, 4.69) is 15.3 Å². The molecule has 0 heterocycles. The highest BCUT2D eigenvalue weighted by atomic mass is 19.4. The number of nitrogens with two attached hydrogens (primary N) is 2. The van der Waals surface area contributed by atoms with Crippen molar-refractivity contribution in [2.75, 3.05) is 12.4 Å². The Morgan fingerprint density at radius 1 is 1.26 bits per heavy atom. The van der Waals surface area contributed by atoms with Crippen LogP contribution in [-0.2, 0) is 6.18 Å². The number of rotatable bonds is 1. The van der Waals surface area contributed by atoms with E-state index in [0.717, 1.165) is 12.1 Å². The van der Waals surface area contributed by atoms with Crippen LogP contribution < -0.4 is 16.8 Å². The van der Waals surface area contributed by atoms with Gasteiger partial charge in [0.25, 0.3) is 0 Å². The lowest BCUT2D eigenvalue weighted by atomic mass is 10.1. The summed E-state index contributed by atoms with van der Waals surface area (Å²) in [5.41, 5.74) is 8.96. The van der Waals surface area contributed by atoms with Crippen molar-refractivity contribution in [1.82, 2.24) is 0 Å². The number of nitrogens with zero attached hydrogens (tertiary/aromatic N) is 2. The van der Waals surface area contributed by atoms with E-state index in [0.29, 0.717) is 6.07 Å². The lowest BCUT2D eigenvalue weighted by molar-refractivity contribution is -0.137. The second kappa shape index (κ2) is 5.55. The Morgan fingerprint density at radius 2 is 1.89 bits per heavy atom. The largest absolute Gasteiger partial charge is 0.418 e. The monoisotopic (exact) mass is 277 g/mol. The second-order valence-corrected chi connectivity index (χ2v) is 3.39. The molecule has 0 aromatic heterocycles. The summed E-state index contributed by atoms with van der Waals surface area (Å²) in [6.45, 7) is 0. The van der Waals surface area contributed by atoms with Crippen molar-refractivity contribution in [1.29, 1.82) is 0 Å². The number of halogens is 4. The molecule has 0 fully saturated rings. The first kappa shape index (κ1) is 14.7. The zero-order valence-corrected chi connectivity index (χ0v) is 9.79. The van der Waals surface area contributed by atoms with Gasteiger partial charge in [0.2, 0.25) is 11.9 Å². The van der Waals surface area contributed by atoms with Gasteiger partial charge in [0.15, 0.2) is 0 Å². The van der Waals surface area contributed by atoms with Crippen LogP contribution >= 0.6 is 0 Å². The summed E-state index contributed by atoms with van der Waals surface area (Å²) >= 11 is 0. The standard InChI is InChI=1S/C10H11F4N5/c1-17-8(15)19-9(16)18-7-3-2-5(11)4-6(7)10(12,13)14/h2-4H,1H3,(H5,15,16,17,18,19). The normalized spacial score (nSPS) is 13.5. The number of hydrogen-bond acceptors (Lipinski definition) is 1. The molecule has 0 aliphatic carbocycles. The molecule has 1 aromatic carbocycles. The first-order valence-electron chi connectivity index (χ1n) is 4.94. The van der Waals surface area contributed by atoms with Crippen LogP contribution in [0.3, 0.4) is 0 Å². The number of nitrogens with one attached hydrogen (secondary N) is 1. The molecule has 0 aliphatic rings. The average molecular weight is 277 g/mol. The summed E-state index contributed by atoms with van der Waals surface area (Å²) < 4.78 is 50.9. The average Bonchev–Trinajstić information content (AvgIpc) is 2.29. The van der Waals surface area contributed by atoms with E-state index >= 15 is 0 Å². The van der Waals surface area contributed by atoms with Crippen molar-refractivity contribution in [2.45, 2.75) is 6.18 Å². The van der Waals surface area contributed by atoms with Gasteiger partial charge in [0.1, 0.15) is 5.82 Å². The zero-order valence-electron chi connectivity index (χ0n) is 9.79. The zero-order chi connectivity index (χ0) is 14.6. The number of hydrogen-bond donors (Lipinski definition) is 3. The molecule has 0 aliphatic heterocycles. The van der Waals surface area contributed by atoms with Crippen LogP contribution in [0.2, 0.25) is 0 Å². The third kappa shape index (κ3) is 4.12. The molecule has 0 atom stereocenters. The minimum Gasteiger partial charge on any atom is -0.369 e. The van der Waals surface area contributed by atoms with Crippen molar-refractivity contribution < 1.29 is 17.6 Å². The smallest absolute Gasteiger partial charge is 0.369 e. The fourth-order valence-corrected chi connectivity index (χ4v) is 1.20. The molecule has 19 heavy (non-hydrogen) atoms. The maximum atomic E-state index is 12.9. The molecule has 0 saturated carbocycles. The third-order valence-corrected chi connectivity index (χ3v) is 2.01. The molecule has 0 amide bonds. The van der Waals surface area contributed by atoms with E-state index in [1.54, 1.807) is 0 Å². The molecule has 5 nitrogen and oxygen atoms in total. The SMILES string of the molecule is CN=C(N)N=C(N)Nc1ccc(F)cc1C(F)(F)F. The number of aliphatic imine (C=N–C) groups is 2. The fraction of sp³-hybridized carbons (Fsp3) is 0.200. The Labute approximate surface area is 106 Å². The van der Waals surface area contributed by atoms with Gasteiger partial charge in [0, 0.05) is 7.05 Å². The van der Waals surface area contributed by atoms with Crippen LogP contribution in [0.15, 0.2) is 28.2 Å². The highest BCUT2D eigenvalue weighted by Crippen LogP contribution is 2.35. The van der Waals surface area contributed by atoms with E-state index < -0.39 is 23.2 Å². The summed E-state index contributed by atoms with van der Waals surface area (Å²) in [4.78, 5) is 6.95. The number of alkyl halides is 3. The maximum Gasteiger partial charge on any atom is 0.418 e. The van der Waals surface area contributed by atoms with Gasteiger partial charge in [-0.25, -0.2) is 4.39 Å². The molecule has 0 radical (unpaired) electrons. The third-order valence-electron chi connectivity index (χ3n) is 2.01. The maximum absolute atomic E-state index is 12.9. The minimum atomic E-state index is -4.73. The van der Waals surface area contributed by atoms with Crippen molar-refractivity contribution in [3.63, 3.8) is 0 Å². The Hall–Kier alpha value is -2.32.